The van der Waals surface area contributed by atoms with E-state index in [1.165, 1.54) is 11.1 Å². The van der Waals surface area contributed by atoms with Crippen molar-refractivity contribution in [1.82, 2.24) is 9.97 Å². The summed E-state index contributed by atoms with van der Waals surface area (Å²) < 4.78 is 1.12. The molecule has 1 N–H and O–H groups in total. The van der Waals surface area contributed by atoms with Gasteiger partial charge >= 0.3 is 0 Å². The molecular formula is C17H20IN3. The number of halogens is 1. The molecule has 1 atom stereocenters. The summed E-state index contributed by atoms with van der Waals surface area (Å²) in [4.78, 5) is 9.67. The van der Waals surface area contributed by atoms with Crippen molar-refractivity contribution in [2.24, 2.45) is 0 Å². The molecule has 110 valence electrons. The smallest absolute Gasteiger partial charge is 0.143 e. The van der Waals surface area contributed by atoms with Gasteiger partial charge in [0, 0.05) is 18.4 Å². The monoisotopic (exact) mass is 393 g/mol. The second-order valence-corrected chi connectivity index (χ2v) is 7.63. The zero-order chi connectivity index (χ0) is 15.2. The zero-order valence-electron chi connectivity index (χ0n) is 12.9. The van der Waals surface area contributed by atoms with Crippen LogP contribution in [0.5, 0.6) is 0 Å². The lowest BCUT2D eigenvalue weighted by Gasteiger charge is -2.30. The molecule has 1 aliphatic carbocycles. The van der Waals surface area contributed by atoms with Crippen molar-refractivity contribution in [1.29, 1.82) is 0 Å². The highest BCUT2D eigenvalue weighted by molar-refractivity contribution is 14.1. The molecule has 4 heteroatoms. The van der Waals surface area contributed by atoms with Crippen LogP contribution in [0.25, 0.3) is 0 Å². The molecule has 0 bridgehead atoms. The third-order valence-corrected chi connectivity index (χ3v) is 5.00. The first-order valence-corrected chi connectivity index (χ1v) is 8.33. The summed E-state index contributed by atoms with van der Waals surface area (Å²) in [6.07, 6.45) is 1.05. The quantitative estimate of drug-likeness (QED) is 0.781. The van der Waals surface area contributed by atoms with Crippen molar-refractivity contribution in [2.75, 3.05) is 12.4 Å². The molecule has 0 spiro atoms. The fourth-order valence-electron chi connectivity index (χ4n) is 2.77. The molecular weight excluding hydrogens is 373 g/mol. The number of rotatable bonds is 2. The van der Waals surface area contributed by atoms with Gasteiger partial charge in [0.2, 0.25) is 0 Å². The minimum Gasteiger partial charge on any atom is -0.372 e. The van der Waals surface area contributed by atoms with E-state index in [0.717, 1.165) is 27.3 Å². The third kappa shape index (κ3) is 2.54. The van der Waals surface area contributed by atoms with Gasteiger partial charge in [-0.05, 0) is 40.1 Å². The zero-order valence-corrected chi connectivity index (χ0v) is 15.0. The summed E-state index contributed by atoms with van der Waals surface area (Å²) in [7, 11) is 1.93. The first kappa shape index (κ1) is 14.8. The molecule has 1 unspecified atom stereocenters. The van der Waals surface area contributed by atoms with Crippen molar-refractivity contribution >= 4 is 28.4 Å². The number of anilines is 1. The van der Waals surface area contributed by atoms with Crippen LogP contribution in [0.4, 0.5) is 5.82 Å². The summed E-state index contributed by atoms with van der Waals surface area (Å²) in [6.45, 7) is 6.61. The van der Waals surface area contributed by atoms with E-state index >= 15 is 0 Å². The lowest BCUT2D eigenvalue weighted by Crippen LogP contribution is -2.25. The Morgan fingerprint density at radius 2 is 1.90 bits per heavy atom. The first-order chi connectivity index (χ1) is 9.91. The fraction of sp³-hybridized carbons (Fsp3) is 0.412. The Bertz CT molecular complexity index is 689. The molecule has 0 aliphatic heterocycles. The predicted molar refractivity (Wildman–Crippen MR) is 95.0 cm³/mol. The first-order valence-electron chi connectivity index (χ1n) is 7.25. The lowest BCUT2D eigenvalue weighted by atomic mass is 9.77. The van der Waals surface area contributed by atoms with Crippen molar-refractivity contribution in [2.45, 2.75) is 38.5 Å². The molecule has 0 saturated carbocycles. The van der Waals surface area contributed by atoms with E-state index in [0.29, 0.717) is 5.92 Å². The minimum absolute atomic E-state index is 0.0169. The number of fused-ring (bicyclic) bond motifs is 1. The van der Waals surface area contributed by atoms with Gasteiger partial charge in [0.25, 0.3) is 0 Å². The van der Waals surface area contributed by atoms with E-state index in [2.05, 4.69) is 72.9 Å². The van der Waals surface area contributed by atoms with Gasteiger partial charge in [-0.15, -0.1) is 0 Å². The normalized spacial score (nSPS) is 17.1. The van der Waals surface area contributed by atoms with E-state index < -0.39 is 0 Å². The van der Waals surface area contributed by atoms with Crippen LogP contribution < -0.4 is 5.32 Å². The predicted octanol–water partition coefficient (Wildman–Crippen LogP) is 4.11. The summed E-state index contributed by atoms with van der Waals surface area (Å²) >= 11 is 2.35. The van der Waals surface area contributed by atoms with E-state index in [4.69, 9.17) is 9.97 Å². The molecule has 1 heterocycles. The topological polar surface area (TPSA) is 37.8 Å². The Morgan fingerprint density at radius 3 is 2.52 bits per heavy atom. The number of nitrogens with one attached hydrogen (secondary N) is 1. The maximum Gasteiger partial charge on any atom is 0.143 e. The van der Waals surface area contributed by atoms with Gasteiger partial charge in [0.1, 0.15) is 11.6 Å². The van der Waals surface area contributed by atoms with E-state index in [-0.39, 0.29) is 5.41 Å². The van der Waals surface area contributed by atoms with Gasteiger partial charge in [0.05, 0.1) is 9.26 Å². The van der Waals surface area contributed by atoms with Crippen molar-refractivity contribution in [3.8, 4) is 0 Å². The van der Waals surface area contributed by atoms with Crippen LogP contribution in [0.1, 0.15) is 49.3 Å². The molecule has 3 rings (SSSR count). The summed E-state index contributed by atoms with van der Waals surface area (Å²) in [6, 6.07) is 8.59. The van der Waals surface area contributed by atoms with Crippen LogP contribution >= 0.6 is 22.6 Å². The second kappa shape index (κ2) is 5.23. The summed E-state index contributed by atoms with van der Waals surface area (Å²) in [5.41, 5.74) is 3.94. The molecule has 1 aromatic carbocycles. The van der Waals surface area contributed by atoms with Crippen molar-refractivity contribution in [3.63, 3.8) is 0 Å². The highest BCUT2D eigenvalue weighted by Crippen LogP contribution is 2.40. The standard InChI is InChI=1S/C17H20IN3/c1-17(2,3)14-13(18)16(19-4)21-15(20-14)12-9-10-7-5-6-8-11(10)12/h5-8,12H,9H2,1-4H3,(H,19,20,21). The minimum atomic E-state index is 0.0169. The van der Waals surface area contributed by atoms with Gasteiger partial charge in [-0.1, -0.05) is 45.0 Å². The highest BCUT2D eigenvalue weighted by Gasteiger charge is 2.32. The Labute approximate surface area is 139 Å². The SMILES string of the molecule is CNc1nc(C2Cc3ccccc32)nc(C(C)(C)C)c1I. The number of aromatic nitrogens is 2. The average molecular weight is 393 g/mol. The van der Waals surface area contributed by atoms with Crippen LogP contribution in [0, 0.1) is 3.57 Å². The molecule has 3 nitrogen and oxygen atoms in total. The van der Waals surface area contributed by atoms with Gasteiger partial charge in [-0.2, -0.15) is 0 Å². The van der Waals surface area contributed by atoms with E-state index in [1.54, 1.807) is 0 Å². The molecule has 0 radical (unpaired) electrons. The van der Waals surface area contributed by atoms with Crippen LogP contribution in [0.2, 0.25) is 0 Å². The molecule has 21 heavy (non-hydrogen) atoms. The molecule has 0 saturated heterocycles. The molecule has 2 aromatic rings. The molecule has 1 aromatic heterocycles. The van der Waals surface area contributed by atoms with Crippen LogP contribution in [-0.2, 0) is 11.8 Å². The highest BCUT2D eigenvalue weighted by atomic mass is 127. The molecule has 1 aliphatic rings. The van der Waals surface area contributed by atoms with Gasteiger partial charge in [-0.25, -0.2) is 9.97 Å². The Morgan fingerprint density at radius 1 is 1.19 bits per heavy atom. The van der Waals surface area contributed by atoms with Crippen molar-refractivity contribution in [3.05, 3.63) is 50.5 Å². The molecule has 0 amide bonds. The maximum absolute atomic E-state index is 4.91. The lowest BCUT2D eigenvalue weighted by molar-refractivity contribution is 0.548. The van der Waals surface area contributed by atoms with Crippen molar-refractivity contribution < 1.29 is 0 Å². The number of hydrogen-bond acceptors (Lipinski definition) is 3. The van der Waals surface area contributed by atoms with Gasteiger partial charge in [-0.3, -0.25) is 0 Å². The van der Waals surface area contributed by atoms with Crippen LogP contribution in [0.3, 0.4) is 0 Å². The average Bonchev–Trinajstić information content (AvgIpc) is 2.40. The fourth-order valence-corrected chi connectivity index (χ4v) is 4.09. The van der Waals surface area contributed by atoms with Crippen LogP contribution in [-0.4, -0.2) is 17.0 Å². The number of benzene rings is 1. The van der Waals surface area contributed by atoms with E-state index in [9.17, 15) is 0 Å². The number of nitrogens with zero attached hydrogens (tertiary/aromatic N) is 2. The second-order valence-electron chi connectivity index (χ2n) is 6.55. The number of hydrogen-bond donors (Lipinski definition) is 1. The Kier molecular flexibility index (Phi) is 3.67. The molecule has 0 fully saturated rings. The third-order valence-electron chi connectivity index (χ3n) is 3.98. The largest absolute Gasteiger partial charge is 0.372 e. The van der Waals surface area contributed by atoms with Gasteiger partial charge < -0.3 is 5.32 Å². The van der Waals surface area contributed by atoms with E-state index in [1.807, 2.05) is 7.05 Å². The summed E-state index contributed by atoms with van der Waals surface area (Å²) in [5.74, 6) is 2.23. The van der Waals surface area contributed by atoms with Crippen LogP contribution in [0.15, 0.2) is 24.3 Å². The Hall–Kier alpha value is -1.17. The summed E-state index contributed by atoms with van der Waals surface area (Å²) in [5, 5.41) is 3.22. The van der Waals surface area contributed by atoms with Gasteiger partial charge in [0.15, 0.2) is 0 Å². The maximum atomic E-state index is 4.91. The Balaban J connectivity index is 2.09.